The van der Waals surface area contributed by atoms with E-state index in [-0.39, 0.29) is 5.63 Å². The molecule has 1 aromatic carbocycles. The number of benzene rings is 1. The Kier molecular flexibility index (Phi) is 4.66. The molecule has 5 heteroatoms. The van der Waals surface area contributed by atoms with Crippen molar-refractivity contribution in [1.82, 2.24) is 4.90 Å². The van der Waals surface area contributed by atoms with Crippen LogP contribution in [0.25, 0.3) is 11.0 Å². The maximum absolute atomic E-state index is 12.0. The van der Waals surface area contributed by atoms with E-state index < -0.39 is 0 Å². The van der Waals surface area contributed by atoms with Crippen LogP contribution in [0.5, 0.6) is 0 Å². The smallest absolute Gasteiger partial charge is 0.336 e. The Morgan fingerprint density at radius 2 is 2.25 bits per heavy atom. The van der Waals surface area contributed by atoms with E-state index in [9.17, 15) is 4.79 Å². The Labute approximate surface area is 146 Å². The van der Waals surface area contributed by atoms with Gasteiger partial charge in [-0.25, -0.2) is 4.79 Å². The fraction of sp³-hybridized carbons (Fsp3) is 0.526. The van der Waals surface area contributed by atoms with E-state index in [0.29, 0.717) is 16.9 Å². The molecule has 128 valence electrons. The molecule has 4 nitrogen and oxygen atoms in total. The zero-order valence-corrected chi connectivity index (χ0v) is 14.8. The second-order valence-electron chi connectivity index (χ2n) is 6.59. The Morgan fingerprint density at radius 1 is 1.33 bits per heavy atom. The van der Waals surface area contributed by atoms with Gasteiger partial charge in [0.1, 0.15) is 5.58 Å². The highest BCUT2D eigenvalue weighted by atomic mass is 32.2. The van der Waals surface area contributed by atoms with Crippen molar-refractivity contribution in [2.24, 2.45) is 0 Å². The van der Waals surface area contributed by atoms with Crippen LogP contribution in [0.4, 0.5) is 0 Å². The molecule has 0 unspecified atom stereocenters. The highest BCUT2D eigenvalue weighted by Gasteiger charge is 2.34. The Hall–Kier alpha value is -1.30. The molecule has 2 fully saturated rings. The summed E-state index contributed by atoms with van der Waals surface area (Å²) in [6.45, 7) is 5.69. The lowest BCUT2D eigenvalue weighted by Crippen LogP contribution is -2.51. The molecule has 2 aliphatic heterocycles. The summed E-state index contributed by atoms with van der Waals surface area (Å²) in [5, 5.41) is 1.62. The van der Waals surface area contributed by atoms with Crippen molar-refractivity contribution in [3.8, 4) is 0 Å². The molecule has 2 atom stereocenters. The highest BCUT2D eigenvalue weighted by molar-refractivity contribution is 8.00. The van der Waals surface area contributed by atoms with Gasteiger partial charge >= 0.3 is 5.63 Å². The molecule has 0 spiro atoms. The van der Waals surface area contributed by atoms with E-state index in [2.05, 4.69) is 24.0 Å². The van der Waals surface area contributed by atoms with Gasteiger partial charge in [0.2, 0.25) is 0 Å². The van der Waals surface area contributed by atoms with E-state index in [1.165, 1.54) is 5.56 Å². The van der Waals surface area contributed by atoms with Crippen molar-refractivity contribution in [2.75, 3.05) is 25.5 Å². The molecule has 0 N–H and O–H groups in total. The number of aryl methyl sites for hydroxylation is 1. The van der Waals surface area contributed by atoms with Gasteiger partial charge in [-0.3, -0.25) is 4.90 Å². The highest BCUT2D eigenvalue weighted by Crippen LogP contribution is 2.32. The van der Waals surface area contributed by atoms with E-state index >= 15 is 0 Å². The molecule has 0 amide bonds. The summed E-state index contributed by atoms with van der Waals surface area (Å²) in [5.41, 5.74) is 2.75. The average molecular weight is 345 g/mol. The minimum Gasteiger partial charge on any atom is -0.423 e. The van der Waals surface area contributed by atoms with Gasteiger partial charge in [-0.2, -0.15) is 11.8 Å². The lowest BCUT2D eigenvalue weighted by Gasteiger charge is -2.43. The van der Waals surface area contributed by atoms with Crippen LogP contribution in [0.3, 0.4) is 0 Å². The Morgan fingerprint density at radius 3 is 3.12 bits per heavy atom. The minimum absolute atomic E-state index is 0.249. The zero-order valence-electron chi connectivity index (χ0n) is 14.0. The molecule has 0 bridgehead atoms. The monoisotopic (exact) mass is 345 g/mol. The summed E-state index contributed by atoms with van der Waals surface area (Å²) in [4.78, 5) is 14.6. The fourth-order valence-electron chi connectivity index (χ4n) is 3.80. The number of hydrogen-bond donors (Lipinski definition) is 0. The molecular formula is C19H23NO3S. The molecule has 0 aliphatic carbocycles. The average Bonchev–Trinajstić information content (AvgIpc) is 2.61. The van der Waals surface area contributed by atoms with Crippen LogP contribution >= 0.6 is 11.8 Å². The van der Waals surface area contributed by atoms with Crippen LogP contribution in [-0.2, 0) is 17.7 Å². The van der Waals surface area contributed by atoms with Gasteiger partial charge in [0, 0.05) is 48.2 Å². The third kappa shape index (κ3) is 3.13. The third-order valence-electron chi connectivity index (χ3n) is 5.12. The number of ether oxygens (including phenoxy) is 1. The molecule has 24 heavy (non-hydrogen) atoms. The maximum atomic E-state index is 12.0. The van der Waals surface area contributed by atoms with Gasteiger partial charge in [0.15, 0.2) is 0 Å². The number of hydrogen-bond acceptors (Lipinski definition) is 5. The van der Waals surface area contributed by atoms with E-state index in [4.69, 9.17) is 9.15 Å². The summed E-state index contributed by atoms with van der Waals surface area (Å²) < 4.78 is 11.1. The van der Waals surface area contributed by atoms with Gasteiger partial charge in [0.05, 0.1) is 6.61 Å². The number of thioether (sulfide) groups is 1. The first kappa shape index (κ1) is 16.2. The first-order valence-electron chi connectivity index (χ1n) is 8.73. The lowest BCUT2D eigenvalue weighted by atomic mass is 10.0. The Balaban J connectivity index is 1.67. The largest absolute Gasteiger partial charge is 0.423 e. The molecule has 4 rings (SSSR count). The predicted octanol–water partition coefficient (Wildman–Crippen LogP) is 3.06. The molecule has 0 radical (unpaired) electrons. The summed E-state index contributed by atoms with van der Waals surface area (Å²) in [6.07, 6.45) is 2.02. The summed E-state index contributed by atoms with van der Waals surface area (Å²) in [5.74, 6) is 1.13. The zero-order chi connectivity index (χ0) is 16.5. The summed E-state index contributed by atoms with van der Waals surface area (Å²) >= 11 is 2.03. The van der Waals surface area contributed by atoms with Crippen LogP contribution in [0, 0.1) is 0 Å². The van der Waals surface area contributed by atoms with Crippen molar-refractivity contribution in [2.45, 2.75) is 37.6 Å². The van der Waals surface area contributed by atoms with Gasteiger partial charge in [0.25, 0.3) is 0 Å². The molecule has 2 aromatic rings. The molecule has 2 aliphatic rings. The summed E-state index contributed by atoms with van der Waals surface area (Å²) in [7, 11) is 0. The maximum Gasteiger partial charge on any atom is 0.336 e. The second kappa shape index (κ2) is 6.90. The van der Waals surface area contributed by atoms with Crippen LogP contribution in [-0.4, -0.2) is 41.7 Å². The van der Waals surface area contributed by atoms with Crippen molar-refractivity contribution >= 4 is 22.7 Å². The van der Waals surface area contributed by atoms with Crippen LogP contribution < -0.4 is 5.63 Å². The normalized spacial score (nSPS) is 24.9. The van der Waals surface area contributed by atoms with Crippen molar-refractivity contribution in [1.29, 1.82) is 0 Å². The lowest BCUT2D eigenvalue weighted by molar-refractivity contribution is 0.0352. The van der Waals surface area contributed by atoms with E-state index in [1.54, 1.807) is 6.07 Å². The predicted molar refractivity (Wildman–Crippen MR) is 97.7 cm³/mol. The van der Waals surface area contributed by atoms with Gasteiger partial charge < -0.3 is 9.15 Å². The minimum atomic E-state index is -0.249. The van der Waals surface area contributed by atoms with Crippen molar-refractivity contribution in [3.63, 3.8) is 0 Å². The molecule has 2 saturated heterocycles. The van der Waals surface area contributed by atoms with Gasteiger partial charge in [-0.15, -0.1) is 0 Å². The molecular weight excluding hydrogens is 322 g/mol. The summed E-state index contributed by atoms with van der Waals surface area (Å²) in [6, 6.07) is 8.46. The fourth-order valence-corrected chi connectivity index (χ4v) is 5.17. The van der Waals surface area contributed by atoms with Gasteiger partial charge in [-0.1, -0.05) is 19.1 Å². The van der Waals surface area contributed by atoms with Crippen LogP contribution in [0.1, 0.15) is 24.5 Å². The second-order valence-corrected chi connectivity index (χ2v) is 7.93. The van der Waals surface area contributed by atoms with Crippen LogP contribution in [0.15, 0.2) is 33.5 Å². The van der Waals surface area contributed by atoms with Crippen molar-refractivity contribution < 1.29 is 9.15 Å². The first-order valence-corrected chi connectivity index (χ1v) is 9.78. The first-order chi connectivity index (χ1) is 11.7. The molecule has 3 heterocycles. The standard InChI is InChI=1S/C19H23NO3S/c1-2-13-3-4-15-14(10-19(21)23-17(15)9-13)11-20-6-8-24-18-12-22-7-5-16(18)20/h3-4,9-10,16,18H,2,5-8,11-12H2,1H3/t16-,18-/m0/s1. The van der Waals surface area contributed by atoms with Crippen LogP contribution in [0.2, 0.25) is 0 Å². The topological polar surface area (TPSA) is 42.7 Å². The Bertz CT molecular complexity index is 786. The van der Waals surface area contributed by atoms with E-state index in [0.717, 1.165) is 55.8 Å². The SMILES string of the molecule is CCc1ccc2c(CN3CCS[C@H]4COCC[C@@H]43)cc(=O)oc2c1. The number of nitrogens with zero attached hydrogens (tertiary/aromatic N) is 1. The molecule has 1 aromatic heterocycles. The van der Waals surface area contributed by atoms with Crippen molar-refractivity contribution in [3.05, 3.63) is 45.8 Å². The van der Waals surface area contributed by atoms with Gasteiger partial charge in [-0.05, 0) is 30.0 Å². The number of rotatable bonds is 3. The quantitative estimate of drug-likeness (QED) is 0.800. The molecule has 0 saturated carbocycles. The third-order valence-corrected chi connectivity index (χ3v) is 6.42. The number of fused-ring (bicyclic) bond motifs is 2. The van der Waals surface area contributed by atoms with E-state index in [1.807, 2.05) is 17.8 Å².